The fourth-order valence-corrected chi connectivity index (χ4v) is 2.57. The monoisotopic (exact) mass is 326 g/mol. The Morgan fingerprint density at radius 3 is 2.89 bits per heavy atom. The maximum atomic E-state index is 12.4. The van der Waals surface area contributed by atoms with Crippen LogP contribution in [0.4, 0.5) is 0 Å². The van der Waals surface area contributed by atoms with Gasteiger partial charge in [-0.05, 0) is 41.1 Å². The third kappa shape index (κ3) is 2.73. The van der Waals surface area contributed by atoms with Crippen molar-refractivity contribution in [2.45, 2.75) is 13.0 Å². The van der Waals surface area contributed by atoms with E-state index in [1.54, 1.807) is 37.1 Å². The van der Waals surface area contributed by atoms with Crippen LogP contribution < -0.4 is 10.1 Å². The van der Waals surface area contributed by atoms with Crippen LogP contribution in [0.2, 0.25) is 0 Å². The van der Waals surface area contributed by atoms with Crippen molar-refractivity contribution in [2.75, 3.05) is 20.2 Å². The fourth-order valence-electron chi connectivity index (χ4n) is 2.03. The van der Waals surface area contributed by atoms with Gasteiger partial charge in [-0.25, -0.2) is 0 Å². The number of nitrogens with one attached hydrogen (secondary N) is 1. The molecule has 1 aromatic carbocycles. The average molecular weight is 327 g/mol. The summed E-state index contributed by atoms with van der Waals surface area (Å²) in [5, 5.41) is 2.74. The second-order valence-corrected chi connectivity index (χ2v) is 5.17. The lowest BCUT2D eigenvalue weighted by atomic mass is 10.1. The van der Waals surface area contributed by atoms with E-state index in [2.05, 4.69) is 21.2 Å². The Labute approximate surface area is 120 Å². The minimum Gasteiger partial charge on any atom is -0.496 e. The Morgan fingerprint density at radius 2 is 2.26 bits per heavy atom. The van der Waals surface area contributed by atoms with Crippen LogP contribution in [0.25, 0.3) is 0 Å². The van der Waals surface area contributed by atoms with E-state index in [9.17, 15) is 9.59 Å². The first kappa shape index (κ1) is 13.9. The molecule has 6 heteroatoms. The Balaban J connectivity index is 2.24. The van der Waals surface area contributed by atoms with E-state index in [0.717, 1.165) is 4.47 Å². The number of methoxy groups -OCH3 is 1. The Kier molecular flexibility index (Phi) is 4.09. The lowest BCUT2D eigenvalue weighted by Crippen LogP contribution is -2.55. The summed E-state index contributed by atoms with van der Waals surface area (Å²) in [5.41, 5.74) is 0.536. The van der Waals surface area contributed by atoms with E-state index in [4.69, 9.17) is 4.74 Å². The molecule has 0 aliphatic carbocycles. The topological polar surface area (TPSA) is 58.6 Å². The number of benzene rings is 1. The molecule has 1 N–H and O–H groups in total. The number of carbonyl (C=O) groups is 2. The zero-order valence-corrected chi connectivity index (χ0v) is 12.4. The van der Waals surface area contributed by atoms with Gasteiger partial charge in [0.1, 0.15) is 11.8 Å². The smallest absolute Gasteiger partial charge is 0.254 e. The first-order chi connectivity index (χ1) is 9.04. The van der Waals surface area contributed by atoms with Crippen molar-refractivity contribution in [3.05, 3.63) is 28.2 Å². The summed E-state index contributed by atoms with van der Waals surface area (Å²) >= 11 is 3.35. The number of piperazine rings is 1. The van der Waals surface area contributed by atoms with Gasteiger partial charge in [-0.1, -0.05) is 0 Å². The average Bonchev–Trinajstić information content (AvgIpc) is 2.41. The Morgan fingerprint density at radius 1 is 1.53 bits per heavy atom. The molecular formula is C13H15BrN2O3. The van der Waals surface area contributed by atoms with E-state index in [-0.39, 0.29) is 11.8 Å². The Hall–Kier alpha value is -1.56. The highest BCUT2D eigenvalue weighted by Gasteiger charge is 2.30. The molecule has 5 nitrogen and oxygen atoms in total. The summed E-state index contributed by atoms with van der Waals surface area (Å²) in [6.07, 6.45) is 0. The molecule has 0 aromatic heterocycles. The van der Waals surface area contributed by atoms with Crippen LogP contribution in [-0.4, -0.2) is 43.0 Å². The standard InChI is InChI=1S/C13H15BrN2O3/c1-8-12(17)15-5-6-16(8)13(18)9-3-4-11(19-2)10(14)7-9/h3-4,7-8H,5-6H2,1-2H3,(H,15,17). The quantitative estimate of drug-likeness (QED) is 0.894. The number of nitrogens with zero attached hydrogens (tertiary/aromatic N) is 1. The summed E-state index contributed by atoms with van der Waals surface area (Å²) < 4.78 is 5.85. The van der Waals surface area contributed by atoms with E-state index >= 15 is 0 Å². The first-order valence-corrected chi connectivity index (χ1v) is 6.76. The number of hydrogen-bond acceptors (Lipinski definition) is 3. The molecule has 2 rings (SSSR count). The molecule has 1 heterocycles. The molecule has 0 radical (unpaired) electrons. The molecule has 1 saturated heterocycles. The predicted octanol–water partition coefficient (Wildman–Crippen LogP) is 1.42. The van der Waals surface area contributed by atoms with Gasteiger partial charge in [0.2, 0.25) is 5.91 Å². The molecule has 0 bridgehead atoms. The number of carbonyl (C=O) groups excluding carboxylic acids is 2. The summed E-state index contributed by atoms with van der Waals surface area (Å²) in [5.74, 6) is 0.402. The summed E-state index contributed by atoms with van der Waals surface area (Å²) in [7, 11) is 1.57. The Bertz CT molecular complexity index is 519. The van der Waals surface area contributed by atoms with E-state index in [1.165, 1.54) is 0 Å². The van der Waals surface area contributed by atoms with Gasteiger partial charge in [0, 0.05) is 18.7 Å². The van der Waals surface area contributed by atoms with E-state index in [0.29, 0.717) is 24.4 Å². The highest BCUT2D eigenvalue weighted by Crippen LogP contribution is 2.26. The molecule has 1 aliphatic rings. The summed E-state index contributed by atoms with van der Waals surface area (Å²) in [4.78, 5) is 25.5. The van der Waals surface area contributed by atoms with Gasteiger partial charge >= 0.3 is 0 Å². The van der Waals surface area contributed by atoms with Gasteiger partial charge in [0.05, 0.1) is 11.6 Å². The number of ether oxygens (including phenoxy) is 1. The number of rotatable bonds is 2. The fraction of sp³-hybridized carbons (Fsp3) is 0.385. The molecule has 0 saturated carbocycles. The largest absolute Gasteiger partial charge is 0.496 e. The number of amides is 2. The third-order valence-electron chi connectivity index (χ3n) is 3.16. The molecule has 102 valence electrons. The maximum Gasteiger partial charge on any atom is 0.254 e. The number of halogens is 1. The lowest BCUT2D eigenvalue weighted by Gasteiger charge is -2.32. The molecule has 1 fully saturated rings. The van der Waals surface area contributed by atoms with Gasteiger partial charge in [0.25, 0.3) is 5.91 Å². The van der Waals surface area contributed by atoms with Crippen LogP contribution >= 0.6 is 15.9 Å². The van der Waals surface area contributed by atoms with Crippen molar-refractivity contribution in [3.63, 3.8) is 0 Å². The second kappa shape index (κ2) is 5.61. The molecule has 1 aliphatic heterocycles. The normalized spacial score (nSPS) is 19.0. The van der Waals surface area contributed by atoms with Crippen molar-refractivity contribution in [2.24, 2.45) is 0 Å². The number of hydrogen-bond donors (Lipinski definition) is 1. The highest BCUT2D eigenvalue weighted by molar-refractivity contribution is 9.10. The zero-order valence-electron chi connectivity index (χ0n) is 10.8. The van der Waals surface area contributed by atoms with Gasteiger partial charge in [-0.15, -0.1) is 0 Å². The van der Waals surface area contributed by atoms with E-state index < -0.39 is 6.04 Å². The van der Waals surface area contributed by atoms with Crippen molar-refractivity contribution in [3.8, 4) is 5.75 Å². The van der Waals surface area contributed by atoms with E-state index in [1.807, 2.05) is 0 Å². The van der Waals surface area contributed by atoms with Gasteiger partial charge in [-0.2, -0.15) is 0 Å². The molecule has 0 spiro atoms. The molecular weight excluding hydrogens is 312 g/mol. The predicted molar refractivity (Wildman–Crippen MR) is 74.2 cm³/mol. The SMILES string of the molecule is COc1ccc(C(=O)N2CCNC(=O)C2C)cc1Br. The molecule has 1 atom stereocenters. The lowest BCUT2D eigenvalue weighted by molar-refractivity contribution is -0.127. The summed E-state index contributed by atoms with van der Waals surface area (Å²) in [6.45, 7) is 2.74. The molecule has 19 heavy (non-hydrogen) atoms. The van der Waals surface area contributed by atoms with Crippen LogP contribution in [0.5, 0.6) is 5.75 Å². The van der Waals surface area contributed by atoms with Crippen LogP contribution in [0.3, 0.4) is 0 Å². The molecule has 1 unspecified atom stereocenters. The first-order valence-electron chi connectivity index (χ1n) is 5.97. The third-order valence-corrected chi connectivity index (χ3v) is 3.78. The zero-order chi connectivity index (χ0) is 14.0. The molecule has 2 amide bonds. The minimum absolute atomic E-state index is 0.118. The molecule has 1 aromatic rings. The van der Waals surface area contributed by atoms with Gasteiger partial charge < -0.3 is 15.0 Å². The summed E-state index contributed by atoms with van der Waals surface area (Å²) in [6, 6.07) is 4.69. The van der Waals surface area contributed by atoms with Crippen molar-refractivity contribution >= 4 is 27.7 Å². The van der Waals surface area contributed by atoms with Crippen molar-refractivity contribution in [1.82, 2.24) is 10.2 Å². The van der Waals surface area contributed by atoms with Crippen LogP contribution in [0.1, 0.15) is 17.3 Å². The van der Waals surface area contributed by atoms with Crippen molar-refractivity contribution in [1.29, 1.82) is 0 Å². The van der Waals surface area contributed by atoms with Gasteiger partial charge in [0.15, 0.2) is 0 Å². The van der Waals surface area contributed by atoms with Crippen LogP contribution in [0.15, 0.2) is 22.7 Å². The minimum atomic E-state index is -0.442. The van der Waals surface area contributed by atoms with Crippen LogP contribution in [-0.2, 0) is 4.79 Å². The van der Waals surface area contributed by atoms with Gasteiger partial charge in [-0.3, -0.25) is 9.59 Å². The maximum absolute atomic E-state index is 12.4. The highest BCUT2D eigenvalue weighted by atomic mass is 79.9. The second-order valence-electron chi connectivity index (χ2n) is 4.31. The van der Waals surface area contributed by atoms with Crippen molar-refractivity contribution < 1.29 is 14.3 Å². The van der Waals surface area contributed by atoms with Crippen LogP contribution in [0, 0.1) is 0 Å².